The number of likely N-dealkylation sites (tertiary alicyclic amines) is 1. The molecule has 1 aliphatic heterocycles. The molecule has 2 heterocycles. The molecule has 2 N–H and O–H groups in total. The van der Waals surface area contributed by atoms with Gasteiger partial charge >= 0.3 is 0 Å². The summed E-state index contributed by atoms with van der Waals surface area (Å²) in [4.78, 5) is 20.9. The third-order valence-electron chi connectivity index (χ3n) is 4.57. The first-order chi connectivity index (χ1) is 13.2. The van der Waals surface area contributed by atoms with Crippen LogP contribution >= 0.6 is 0 Å². The number of anilines is 1. The molecule has 0 unspecified atom stereocenters. The molecule has 1 amide bonds. The van der Waals surface area contributed by atoms with Crippen LogP contribution in [-0.2, 0) is 11.2 Å². The van der Waals surface area contributed by atoms with Gasteiger partial charge in [0.1, 0.15) is 5.82 Å². The van der Waals surface area contributed by atoms with Crippen molar-refractivity contribution in [1.82, 2.24) is 14.9 Å². The minimum absolute atomic E-state index is 0.0532. The van der Waals surface area contributed by atoms with Crippen LogP contribution < -0.4 is 5.32 Å². The van der Waals surface area contributed by atoms with Crippen molar-refractivity contribution >= 4 is 11.6 Å². The summed E-state index contributed by atoms with van der Waals surface area (Å²) in [6.07, 6.45) is 11.6. The van der Waals surface area contributed by atoms with E-state index in [1.807, 2.05) is 6.20 Å². The van der Waals surface area contributed by atoms with E-state index in [1.165, 1.54) is 49.9 Å². The summed E-state index contributed by atoms with van der Waals surface area (Å²) in [5, 5.41) is 2.70. The lowest BCUT2D eigenvalue weighted by Gasteiger charge is -2.13. The minimum Gasteiger partial charge on any atom is -0.348 e. The molecule has 0 aliphatic carbocycles. The number of carbonyl (C=O) groups excluding carboxylic acids is 1. The van der Waals surface area contributed by atoms with E-state index >= 15 is 0 Å². The smallest absolute Gasteiger partial charge is 0.225 e. The maximum Gasteiger partial charge on any atom is 0.225 e. The topological polar surface area (TPSA) is 61.0 Å². The molecule has 0 spiro atoms. The number of hydrogen-bond acceptors (Lipinski definition) is 3. The highest BCUT2D eigenvalue weighted by Crippen LogP contribution is 2.11. The average Bonchev–Trinajstić information content (AvgIpc) is 3.35. The van der Waals surface area contributed by atoms with Crippen molar-refractivity contribution in [3.8, 4) is 0 Å². The highest BCUT2D eigenvalue weighted by Gasteiger charge is 2.12. The maximum absolute atomic E-state index is 12.9. The van der Waals surface area contributed by atoms with Crippen molar-refractivity contribution in [1.29, 1.82) is 0 Å². The number of imidazole rings is 1. The van der Waals surface area contributed by atoms with Gasteiger partial charge in [-0.05, 0) is 57.0 Å². The Morgan fingerprint density at radius 2 is 2.11 bits per heavy atom. The Hall–Kier alpha value is -2.21. The van der Waals surface area contributed by atoms with Gasteiger partial charge in [-0.1, -0.05) is 25.8 Å². The molecule has 0 atom stereocenters. The number of hydrogen-bond donors (Lipinski definition) is 2. The number of benzene rings is 1. The van der Waals surface area contributed by atoms with Crippen molar-refractivity contribution in [3.63, 3.8) is 0 Å². The number of nitrogens with zero attached hydrogens (tertiary/aromatic N) is 2. The van der Waals surface area contributed by atoms with E-state index in [4.69, 9.17) is 0 Å². The standard InChI is InChI=1S/C13H17FN2O.C8H14N2/c14-11-4-3-5-12(10-11)15-13(17)6-9-16-7-1-2-8-16;1-2-3-4-5-8-6-9-7-10-8/h3-5,10H,1-2,6-9H2,(H,15,17);6-7H,2-5H2,1H3,(H,9,10). The fourth-order valence-electron chi connectivity index (χ4n) is 3.04. The molecule has 0 saturated carbocycles. The summed E-state index contributed by atoms with van der Waals surface area (Å²) in [6, 6.07) is 5.97. The predicted octanol–water partition coefficient (Wildman–Crippen LogP) is 4.39. The van der Waals surface area contributed by atoms with Crippen molar-refractivity contribution < 1.29 is 9.18 Å². The van der Waals surface area contributed by atoms with Crippen LogP contribution in [0, 0.1) is 5.82 Å². The number of aromatic nitrogens is 2. The first-order valence-corrected chi connectivity index (χ1v) is 9.92. The van der Waals surface area contributed by atoms with Crippen LogP contribution in [0.15, 0.2) is 36.8 Å². The van der Waals surface area contributed by atoms with E-state index in [9.17, 15) is 9.18 Å². The Labute approximate surface area is 161 Å². The first-order valence-electron chi connectivity index (χ1n) is 9.92. The molecule has 6 heteroatoms. The number of unbranched alkanes of at least 4 members (excludes halogenated alkanes) is 2. The zero-order valence-electron chi connectivity index (χ0n) is 16.2. The molecular formula is C21H31FN4O. The van der Waals surface area contributed by atoms with Crippen LogP contribution in [0.3, 0.4) is 0 Å². The summed E-state index contributed by atoms with van der Waals surface area (Å²) in [5.74, 6) is -0.384. The Morgan fingerprint density at radius 3 is 2.78 bits per heavy atom. The molecule has 0 radical (unpaired) electrons. The molecule has 1 fully saturated rings. The lowest BCUT2D eigenvalue weighted by Crippen LogP contribution is -2.25. The van der Waals surface area contributed by atoms with E-state index in [0.29, 0.717) is 12.1 Å². The summed E-state index contributed by atoms with van der Waals surface area (Å²) in [6.45, 7) is 5.19. The van der Waals surface area contributed by atoms with Crippen LogP contribution in [-0.4, -0.2) is 40.4 Å². The Balaban J connectivity index is 0.000000223. The minimum atomic E-state index is -0.331. The van der Waals surface area contributed by atoms with Gasteiger partial charge in [0.05, 0.1) is 6.33 Å². The molecule has 2 aromatic rings. The van der Waals surface area contributed by atoms with Gasteiger partial charge in [0.15, 0.2) is 0 Å². The highest BCUT2D eigenvalue weighted by atomic mass is 19.1. The average molecular weight is 375 g/mol. The van der Waals surface area contributed by atoms with Crippen LogP contribution in [0.25, 0.3) is 0 Å². The number of nitrogens with one attached hydrogen (secondary N) is 2. The molecule has 0 bridgehead atoms. The summed E-state index contributed by atoms with van der Waals surface area (Å²) in [5.41, 5.74) is 1.78. The van der Waals surface area contributed by atoms with Gasteiger partial charge in [0.2, 0.25) is 5.91 Å². The molecule has 27 heavy (non-hydrogen) atoms. The second-order valence-corrected chi connectivity index (χ2v) is 6.89. The fourth-order valence-corrected chi connectivity index (χ4v) is 3.04. The number of H-pyrrole nitrogens is 1. The number of amides is 1. The zero-order valence-corrected chi connectivity index (χ0v) is 16.2. The highest BCUT2D eigenvalue weighted by molar-refractivity contribution is 5.90. The van der Waals surface area contributed by atoms with Gasteiger partial charge < -0.3 is 15.2 Å². The fraction of sp³-hybridized carbons (Fsp3) is 0.524. The van der Waals surface area contributed by atoms with Gasteiger partial charge in [-0.3, -0.25) is 4.79 Å². The number of halogens is 1. The van der Waals surface area contributed by atoms with Crippen LogP contribution in [0.4, 0.5) is 10.1 Å². The van der Waals surface area contributed by atoms with E-state index in [-0.39, 0.29) is 11.7 Å². The number of aryl methyl sites for hydroxylation is 1. The summed E-state index contributed by atoms with van der Waals surface area (Å²) < 4.78 is 12.9. The predicted molar refractivity (Wildman–Crippen MR) is 107 cm³/mol. The number of rotatable bonds is 8. The third-order valence-corrected chi connectivity index (χ3v) is 4.57. The summed E-state index contributed by atoms with van der Waals surface area (Å²) in [7, 11) is 0. The molecule has 1 saturated heterocycles. The van der Waals surface area contributed by atoms with Gasteiger partial charge in [-0.15, -0.1) is 0 Å². The quantitative estimate of drug-likeness (QED) is 0.674. The van der Waals surface area contributed by atoms with Gasteiger partial charge in [-0.2, -0.15) is 0 Å². The Kier molecular flexibility index (Phi) is 9.55. The van der Waals surface area contributed by atoms with E-state index in [2.05, 4.69) is 27.1 Å². The molecule has 5 nitrogen and oxygen atoms in total. The monoisotopic (exact) mass is 374 g/mol. The van der Waals surface area contributed by atoms with Crippen LogP contribution in [0.2, 0.25) is 0 Å². The Bertz CT molecular complexity index is 654. The molecule has 3 rings (SSSR count). The molecule has 148 valence electrons. The van der Waals surface area contributed by atoms with Gasteiger partial charge in [0, 0.05) is 30.5 Å². The SMILES string of the molecule is CCCCCc1cnc[nH]1.O=C(CCN1CCCC1)Nc1cccc(F)c1. The number of aromatic amines is 1. The van der Waals surface area contributed by atoms with E-state index in [1.54, 1.807) is 18.5 Å². The van der Waals surface area contributed by atoms with Gasteiger partial charge in [-0.25, -0.2) is 9.37 Å². The second-order valence-electron chi connectivity index (χ2n) is 6.89. The second kappa shape index (κ2) is 12.2. The lowest BCUT2D eigenvalue weighted by atomic mass is 10.2. The zero-order chi connectivity index (χ0) is 19.3. The van der Waals surface area contributed by atoms with Crippen molar-refractivity contribution in [3.05, 3.63) is 48.3 Å². The maximum atomic E-state index is 12.9. The van der Waals surface area contributed by atoms with Crippen molar-refractivity contribution in [2.45, 2.75) is 51.9 Å². The third kappa shape index (κ3) is 8.82. The summed E-state index contributed by atoms with van der Waals surface area (Å²) >= 11 is 0. The van der Waals surface area contributed by atoms with E-state index < -0.39 is 0 Å². The van der Waals surface area contributed by atoms with Gasteiger partial charge in [0.25, 0.3) is 0 Å². The Morgan fingerprint density at radius 1 is 1.30 bits per heavy atom. The number of carbonyl (C=O) groups is 1. The van der Waals surface area contributed by atoms with Crippen LogP contribution in [0.1, 0.15) is 51.1 Å². The lowest BCUT2D eigenvalue weighted by molar-refractivity contribution is -0.116. The molecule has 1 aromatic carbocycles. The van der Waals surface area contributed by atoms with E-state index in [0.717, 1.165) is 26.1 Å². The molecule has 1 aromatic heterocycles. The largest absolute Gasteiger partial charge is 0.348 e. The first kappa shape index (κ1) is 21.1. The van der Waals surface area contributed by atoms with Crippen molar-refractivity contribution in [2.75, 3.05) is 25.0 Å². The van der Waals surface area contributed by atoms with Crippen LogP contribution in [0.5, 0.6) is 0 Å². The van der Waals surface area contributed by atoms with Crippen molar-refractivity contribution in [2.24, 2.45) is 0 Å². The molecule has 1 aliphatic rings. The normalized spacial score (nSPS) is 13.9. The molecular weight excluding hydrogens is 343 g/mol.